The highest BCUT2D eigenvalue weighted by atomic mass is 32.2. The van der Waals surface area contributed by atoms with Gasteiger partial charge in [0.15, 0.2) is 0 Å². The van der Waals surface area contributed by atoms with Crippen molar-refractivity contribution in [3.05, 3.63) is 39.7 Å². The van der Waals surface area contributed by atoms with Crippen molar-refractivity contribution < 1.29 is 27.3 Å². The van der Waals surface area contributed by atoms with Gasteiger partial charge in [-0.1, -0.05) is 0 Å². The zero-order valence-electron chi connectivity index (χ0n) is 12.8. The van der Waals surface area contributed by atoms with Crippen molar-refractivity contribution in [1.29, 1.82) is 0 Å². The molecule has 0 spiro atoms. The minimum Gasteiger partial charge on any atom is -0.443 e. The van der Waals surface area contributed by atoms with Crippen molar-refractivity contribution in [1.82, 2.24) is 4.72 Å². The zero-order chi connectivity index (χ0) is 17.8. The Bertz CT molecular complexity index is 712. The Hall–Kier alpha value is -2.23. The summed E-state index contributed by atoms with van der Waals surface area (Å²) in [7, 11) is -4.02. The lowest BCUT2D eigenvalue weighted by Gasteiger charge is -2.19. The lowest BCUT2D eigenvalue weighted by molar-refractivity contribution is -0.385. The normalized spacial score (nSPS) is 11.8. The first-order valence-electron chi connectivity index (χ1n) is 6.56. The summed E-state index contributed by atoms with van der Waals surface area (Å²) in [5.41, 5.74) is -1.30. The average molecular weight is 348 g/mol. The third-order valence-electron chi connectivity index (χ3n) is 2.53. The molecule has 1 amide bonds. The molecule has 0 radical (unpaired) electrons. The van der Waals surface area contributed by atoms with Gasteiger partial charge >= 0.3 is 6.09 Å². The molecule has 128 valence electrons. The molecule has 1 aromatic carbocycles. The van der Waals surface area contributed by atoms with Crippen LogP contribution in [0.25, 0.3) is 0 Å². The van der Waals surface area contributed by atoms with E-state index in [0.717, 1.165) is 12.1 Å². The van der Waals surface area contributed by atoms with Gasteiger partial charge in [-0.15, -0.1) is 0 Å². The number of non-ortho nitro benzene ring substituents is 1. The average Bonchev–Trinajstić information content (AvgIpc) is 2.33. The lowest BCUT2D eigenvalue weighted by Crippen LogP contribution is -2.37. The number of nitrogens with zero attached hydrogens (tertiary/aromatic N) is 1. The fourth-order valence-corrected chi connectivity index (χ4v) is 2.46. The molecule has 0 bridgehead atoms. The predicted molar refractivity (Wildman–Crippen MR) is 79.9 cm³/mol. The van der Waals surface area contributed by atoms with E-state index in [0.29, 0.717) is 6.07 Å². The summed E-state index contributed by atoms with van der Waals surface area (Å²) in [6.07, 6.45) is -1.37. The molecule has 8 nitrogen and oxygen atoms in total. The predicted octanol–water partition coefficient (Wildman–Crippen LogP) is 2.13. The second kappa shape index (κ2) is 6.90. The summed E-state index contributed by atoms with van der Waals surface area (Å²) >= 11 is 0. The fraction of sp³-hybridized carbons (Fsp3) is 0.462. The molecular formula is C13H17FN2O6S. The Labute approximate surface area is 132 Å². The molecule has 0 aliphatic rings. The van der Waals surface area contributed by atoms with Gasteiger partial charge in [-0.2, -0.15) is 0 Å². The molecule has 1 N–H and O–H groups in total. The number of carbonyl (C=O) groups excluding carboxylic acids is 1. The van der Waals surface area contributed by atoms with E-state index in [9.17, 15) is 27.7 Å². The van der Waals surface area contributed by atoms with E-state index in [1.165, 1.54) is 0 Å². The Morgan fingerprint density at radius 3 is 2.48 bits per heavy atom. The van der Waals surface area contributed by atoms with Gasteiger partial charge in [0.1, 0.15) is 11.4 Å². The second-order valence-corrected chi connectivity index (χ2v) is 7.55. The van der Waals surface area contributed by atoms with E-state index < -0.39 is 43.9 Å². The van der Waals surface area contributed by atoms with Crippen LogP contribution in [0.3, 0.4) is 0 Å². The number of nitrogens with one attached hydrogen (secondary N) is 1. The Kier molecular flexibility index (Phi) is 5.65. The van der Waals surface area contributed by atoms with Crippen LogP contribution in [0.15, 0.2) is 18.2 Å². The van der Waals surface area contributed by atoms with E-state index in [2.05, 4.69) is 0 Å². The van der Waals surface area contributed by atoms with Crippen molar-refractivity contribution in [3.63, 3.8) is 0 Å². The number of amides is 1. The summed E-state index contributed by atoms with van der Waals surface area (Å²) < 4.78 is 43.7. The topological polar surface area (TPSA) is 116 Å². The first kappa shape index (κ1) is 18.8. The van der Waals surface area contributed by atoms with Gasteiger partial charge in [0.2, 0.25) is 10.0 Å². The van der Waals surface area contributed by atoms with Crippen LogP contribution < -0.4 is 4.72 Å². The van der Waals surface area contributed by atoms with E-state index in [1.807, 2.05) is 0 Å². The monoisotopic (exact) mass is 348 g/mol. The van der Waals surface area contributed by atoms with Crippen molar-refractivity contribution in [2.24, 2.45) is 0 Å². The third kappa shape index (κ3) is 6.59. The van der Waals surface area contributed by atoms with Crippen LogP contribution >= 0.6 is 0 Å². The van der Waals surface area contributed by atoms with E-state index in [-0.39, 0.29) is 12.0 Å². The molecule has 0 aromatic heterocycles. The SMILES string of the molecule is CC(C)(C)OC(=O)NS(=O)(=O)CCc1ccc([N+](=O)[O-])cc1F. The van der Waals surface area contributed by atoms with Gasteiger partial charge in [0.05, 0.1) is 16.7 Å². The zero-order valence-corrected chi connectivity index (χ0v) is 13.6. The summed E-state index contributed by atoms with van der Waals surface area (Å²) in [5.74, 6) is -1.45. The molecule has 0 heterocycles. The van der Waals surface area contributed by atoms with Gasteiger partial charge in [-0.05, 0) is 38.8 Å². The van der Waals surface area contributed by atoms with Gasteiger partial charge in [-0.3, -0.25) is 10.1 Å². The summed E-state index contributed by atoms with van der Waals surface area (Å²) in [5, 5.41) is 10.5. The highest BCUT2D eigenvalue weighted by Gasteiger charge is 2.22. The molecule has 0 fully saturated rings. The van der Waals surface area contributed by atoms with Crippen molar-refractivity contribution >= 4 is 21.8 Å². The first-order chi connectivity index (χ1) is 10.4. The molecule has 0 saturated heterocycles. The number of halogens is 1. The second-order valence-electron chi connectivity index (χ2n) is 5.71. The summed E-state index contributed by atoms with van der Waals surface area (Å²) in [6.45, 7) is 4.72. The quantitative estimate of drug-likeness (QED) is 0.644. The number of hydrogen-bond acceptors (Lipinski definition) is 6. The van der Waals surface area contributed by atoms with Gasteiger partial charge in [0, 0.05) is 6.07 Å². The summed E-state index contributed by atoms with van der Waals surface area (Å²) in [6, 6.07) is 2.92. The number of carbonyl (C=O) groups is 1. The van der Waals surface area contributed by atoms with Crippen molar-refractivity contribution in [2.45, 2.75) is 32.8 Å². The van der Waals surface area contributed by atoms with Crippen LogP contribution in [0.4, 0.5) is 14.9 Å². The maximum atomic E-state index is 13.7. The molecule has 1 rings (SSSR count). The Morgan fingerprint density at radius 2 is 2.00 bits per heavy atom. The number of nitro groups is 1. The standard InChI is InChI=1S/C13H17FN2O6S/c1-13(2,3)22-12(17)15-23(20,21)7-6-9-4-5-10(16(18)19)8-11(9)14/h4-5,8H,6-7H2,1-3H3,(H,15,17). The Morgan fingerprint density at radius 1 is 1.39 bits per heavy atom. The van der Waals surface area contributed by atoms with Crippen LogP contribution in [0.2, 0.25) is 0 Å². The van der Waals surface area contributed by atoms with Crippen LogP contribution in [-0.2, 0) is 21.2 Å². The number of aryl methyl sites for hydroxylation is 1. The summed E-state index contributed by atoms with van der Waals surface area (Å²) in [4.78, 5) is 21.2. The van der Waals surface area contributed by atoms with Gasteiger partial charge in [-0.25, -0.2) is 22.3 Å². The van der Waals surface area contributed by atoms with E-state index in [1.54, 1.807) is 25.5 Å². The molecule has 0 aliphatic heterocycles. The number of nitro benzene ring substituents is 1. The molecule has 0 aliphatic carbocycles. The number of ether oxygens (including phenoxy) is 1. The van der Waals surface area contributed by atoms with E-state index in [4.69, 9.17) is 4.74 Å². The van der Waals surface area contributed by atoms with Gasteiger partial charge < -0.3 is 4.74 Å². The largest absolute Gasteiger partial charge is 0.443 e. The minimum atomic E-state index is -4.02. The van der Waals surface area contributed by atoms with Crippen LogP contribution in [0, 0.1) is 15.9 Å². The maximum absolute atomic E-state index is 13.7. The first-order valence-corrected chi connectivity index (χ1v) is 8.21. The minimum absolute atomic E-state index is 0.00911. The third-order valence-corrected chi connectivity index (χ3v) is 3.74. The Balaban J connectivity index is 2.70. The molecule has 23 heavy (non-hydrogen) atoms. The van der Waals surface area contributed by atoms with Crippen LogP contribution in [0.5, 0.6) is 0 Å². The molecule has 1 aromatic rings. The van der Waals surface area contributed by atoms with Gasteiger partial charge in [0.25, 0.3) is 5.69 Å². The smallest absolute Gasteiger partial charge is 0.421 e. The molecule has 0 saturated carbocycles. The number of benzene rings is 1. The molecular weight excluding hydrogens is 331 g/mol. The highest BCUT2D eigenvalue weighted by Crippen LogP contribution is 2.17. The highest BCUT2D eigenvalue weighted by molar-refractivity contribution is 7.90. The number of rotatable bonds is 5. The number of sulfonamides is 1. The van der Waals surface area contributed by atoms with Crippen molar-refractivity contribution in [2.75, 3.05) is 5.75 Å². The van der Waals surface area contributed by atoms with E-state index >= 15 is 0 Å². The van der Waals surface area contributed by atoms with Crippen LogP contribution in [0.1, 0.15) is 26.3 Å². The maximum Gasteiger partial charge on any atom is 0.421 e. The number of hydrogen-bond donors (Lipinski definition) is 1. The van der Waals surface area contributed by atoms with Crippen molar-refractivity contribution in [3.8, 4) is 0 Å². The lowest BCUT2D eigenvalue weighted by atomic mass is 10.1. The van der Waals surface area contributed by atoms with Crippen LogP contribution in [-0.4, -0.2) is 30.8 Å². The molecule has 0 atom stereocenters. The molecule has 10 heteroatoms. The fourth-order valence-electron chi connectivity index (χ4n) is 1.57. The molecule has 0 unspecified atom stereocenters.